The number of phosphoric acid groups is 3. The number of carbonyl (C=O) groups is 3. The number of thioether (sulfide) groups is 1. The van der Waals surface area contributed by atoms with Crippen LogP contribution in [0.5, 0.6) is 0 Å². The predicted octanol–water partition coefficient (Wildman–Crippen LogP) is 3.22. The van der Waals surface area contributed by atoms with Gasteiger partial charge in [0.15, 0.2) is 22.8 Å². The normalized spacial score (nSPS) is 21.1. The van der Waals surface area contributed by atoms with Crippen molar-refractivity contribution in [1.82, 2.24) is 30.2 Å². The van der Waals surface area contributed by atoms with E-state index in [4.69, 9.17) is 19.5 Å². The molecule has 0 spiro atoms. The Morgan fingerprint density at radius 2 is 1.62 bits per heavy atom. The first-order chi connectivity index (χ1) is 29.4. The van der Waals surface area contributed by atoms with Crippen LogP contribution in [0.2, 0.25) is 0 Å². The molecule has 8 atom stereocenters. The second kappa shape index (κ2) is 25.5. The smallest absolute Gasteiger partial charge is 0.386 e. The van der Waals surface area contributed by atoms with Crippen LogP contribution in [-0.4, -0.2) is 123 Å². The van der Waals surface area contributed by atoms with E-state index in [1.54, 1.807) is 0 Å². The maximum absolute atomic E-state index is 12.7. The number of ether oxygens (including phenoxy) is 1. The average molecular weight is 978 g/mol. The predicted molar refractivity (Wildman–Crippen MR) is 228 cm³/mol. The van der Waals surface area contributed by atoms with E-state index in [0.29, 0.717) is 12.2 Å². The SMILES string of the molecule is CCCCCC(C)CCCCCCC(=O)SCCNC(=O)CCNC(=O)C(O)C(C)(C)COP(=O)(O)OP(=O)(O)OCC1OC(n2cnc3c(N)ncnc32)C(O)C1OP(=O)(O)O. The first-order valence-corrected chi connectivity index (χ1v) is 26.0. The van der Waals surface area contributed by atoms with Gasteiger partial charge in [0.05, 0.1) is 19.5 Å². The van der Waals surface area contributed by atoms with Gasteiger partial charge in [-0.05, 0) is 12.3 Å². The number of carbonyl (C=O) groups excluding carboxylic acids is 3. The highest BCUT2D eigenvalue weighted by molar-refractivity contribution is 8.13. The molecular weight excluding hydrogens is 915 g/mol. The highest BCUT2D eigenvalue weighted by Gasteiger charge is 2.50. The molecule has 0 aliphatic carbocycles. The summed E-state index contributed by atoms with van der Waals surface area (Å²) >= 11 is 1.15. The topological polar surface area (TPSA) is 364 Å². The second-order valence-corrected chi connectivity index (χ2v) is 21.2. The van der Waals surface area contributed by atoms with E-state index < -0.39 is 84.6 Å². The lowest BCUT2D eigenvalue weighted by atomic mass is 9.87. The molecule has 1 aliphatic rings. The highest BCUT2D eigenvalue weighted by atomic mass is 32.2. The molecule has 1 saturated heterocycles. The van der Waals surface area contributed by atoms with Gasteiger partial charge in [0.1, 0.15) is 36.3 Å². The minimum atomic E-state index is -5.57. The number of anilines is 1. The number of hydrogen-bond acceptors (Lipinski definition) is 18. The molecule has 2 aromatic rings. The number of rotatable bonds is 30. The van der Waals surface area contributed by atoms with Crippen molar-refractivity contribution >= 4 is 69.1 Å². The third-order valence-electron chi connectivity index (χ3n) is 9.89. The molecule has 24 nitrogen and oxygen atoms in total. The molecule has 0 radical (unpaired) electrons. The number of nitrogens with zero attached hydrogens (tertiary/aromatic N) is 4. The molecule has 0 bridgehead atoms. The van der Waals surface area contributed by atoms with E-state index >= 15 is 0 Å². The Balaban J connectivity index is 1.36. The maximum Gasteiger partial charge on any atom is 0.481 e. The van der Waals surface area contributed by atoms with Gasteiger partial charge in [-0.25, -0.2) is 28.6 Å². The number of aromatic nitrogens is 4. The molecule has 28 heteroatoms. The van der Waals surface area contributed by atoms with Crippen LogP contribution in [0.1, 0.15) is 105 Å². The Bertz CT molecular complexity index is 1940. The Labute approximate surface area is 369 Å². The van der Waals surface area contributed by atoms with Crippen LogP contribution in [0.25, 0.3) is 11.2 Å². The molecular formula is C35H62N7O17P3S. The molecule has 1 aliphatic heterocycles. The van der Waals surface area contributed by atoms with Crippen molar-refractivity contribution in [2.24, 2.45) is 11.3 Å². The van der Waals surface area contributed by atoms with Gasteiger partial charge in [-0.2, -0.15) is 4.31 Å². The molecule has 1 fully saturated rings. The number of nitrogen functional groups attached to an aromatic ring is 1. The largest absolute Gasteiger partial charge is 0.481 e. The summed E-state index contributed by atoms with van der Waals surface area (Å²) < 4.78 is 62.3. The summed E-state index contributed by atoms with van der Waals surface area (Å²) in [6, 6.07) is 0. The van der Waals surface area contributed by atoms with E-state index in [9.17, 15) is 57.9 Å². The van der Waals surface area contributed by atoms with Crippen molar-refractivity contribution < 1.29 is 80.5 Å². The monoisotopic (exact) mass is 977 g/mol. The Morgan fingerprint density at radius 1 is 0.952 bits per heavy atom. The van der Waals surface area contributed by atoms with Crippen LogP contribution in [0.4, 0.5) is 5.82 Å². The van der Waals surface area contributed by atoms with Gasteiger partial charge in [0, 0.05) is 37.1 Å². The van der Waals surface area contributed by atoms with E-state index in [2.05, 4.69) is 48.3 Å². The number of aliphatic hydroxyl groups excluding tert-OH is 2. The van der Waals surface area contributed by atoms with E-state index in [1.165, 1.54) is 52.4 Å². The second-order valence-electron chi connectivity index (χ2n) is 15.8. The standard InChI is InChI=1S/C35H62N7O17P3S/c1-5-6-9-12-23(2)13-10-7-8-11-14-26(44)63-18-17-37-25(43)15-16-38-33(47)30(46)35(3,4)20-56-62(53,54)59-61(51,52)55-19-24-29(58-60(48,49)50)28(45)34(57-24)42-22-41-27-31(36)39-21-40-32(27)42/h21-24,28-30,34,45-46H,5-20H2,1-4H3,(H,37,43)(H,38,47)(H,51,52)(H,53,54)(H2,36,39,40)(H2,48,49,50). The number of fused-ring (bicyclic) bond motifs is 1. The van der Waals surface area contributed by atoms with Gasteiger partial charge in [0.25, 0.3) is 0 Å². The minimum Gasteiger partial charge on any atom is -0.386 e. The van der Waals surface area contributed by atoms with Crippen LogP contribution in [0.15, 0.2) is 12.7 Å². The first-order valence-electron chi connectivity index (χ1n) is 20.5. The number of phosphoric ester groups is 3. The van der Waals surface area contributed by atoms with Crippen molar-refractivity contribution in [2.45, 2.75) is 129 Å². The Kier molecular flexibility index (Phi) is 22.2. The Morgan fingerprint density at radius 3 is 2.30 bits per heavy atom. The third-order valence-corrected chi connectivity index (χ3v) is 13.9. The van der Waals surface area contributed by atoms with Crippen molar-refractivity contribution in [2.75, 3.05) is 37.8 Å². The summed E-state index contributed by atoms with van der Waals surface area (Å²) in [4.78, 5) is 88.2. The van der Waals surface area contributed by atoms with Gasteiger partial charge in [-0.3, -0.25) is 32.5 Å². The third kappa shape index (κ3) is 19.1. The molecule has 3 rings (SSSR count). The summed E-state index contributed by atoms with van der Waals surface area (Å²) in [6.45, 7) is 5.08. The number of nitrogens with one attached hydrogen (secondary N) is 2. The van der Waals surface area contributed by atoms with Crippen LogP contribution >= 0.6 is 35.2 Å². The molecule has 3 heterocycles. The van der Waals surface area contributed by atoms with Crippen molar-refractivity contribution in [3.63, 3.8) is 0 Å². The lowest BCUT2D eigenvalue weighted by Crippen LogP contribution is -2.46. The van der Waals surface area contributed by atoms with Crippen LogP contribution < -0.4 is 16.4 Å². The quantitative estimate of drug-likeness (QED) is 0.0401. The zero-order chi connectivity index (χ0) is 47.0. The molecule has 10 N–H and O–H groups in total. The van der Waals surface area contributed by atoms with E-state index in [-0.39, 0.29) is 41.6 Å². The van der Waals surface area contributed by atoms with Crippen molar-refractivity contribution in [1.29, 1.82) is 0 Å². The van der Waals surface area contributed by atoms with Crippen LogP contribution in [0, 0.1) is 11.3 Å². The van der Waals surface area contributed by atoms with Crippen LogP contribution in [-0.2, 0) is 50.7 Å². The molecule has 360 valence electrons. The summed E-state index contributed by atoms with van der Waals surface area (Å²) in [6.07, 6.45) is 4.01. The Hall–Kier alpha value is -2.44. The van der Waals surface area contributed by atoms with Crippen molar-refractivity contribution in [3.8, 4) is 0 Å². The number of nitrogens with two attached hydrogens (primary N) is 1. The summed E-state index contributed by atoms with van der Waals surface area (Å²) in [5.74, 6) is -0.287. The number of unbranched alkanes of at least 4 members (excludes halogenated alkanes) is 5. The lowest BCUT2D eigenvalue weighted by Gasteiger charge is -2.30. The summed E-state index contributed by atoms with van der Waals surface area (Å²) in [5.41, 5.74) is 4.28. The van der Waals surface area contributed by atoms with Gasteiger partial charge in [0.2, 0.25) is 11.8 Å². The first kappa shape index (κ1) is 54.9. The van der Waals surface area contributed by atoms with Gasteiger partial charge in [-0.15, -0.1) is 0 Å². The van der Waals surface area contributed by atoms with Gasteiger partial charge < -0.3 is 50.9 Å². The zero-order valence-corrected chi connectivity index (χ0v) is 39.2. The van der Waals surface area contributed by atoms with Gasteiger partial charge >= 0.3 is 23.5 Å². The number of imidazole rings is 1. The fourth-order valence-corrected chi connectivity index (χ4v) is 9.92. The highest BCUT2D eigenvalue weighted by Crippen LogP contribution is 2.61. The number of hydrogen-bond donors (Lipinski definition) is 9. The summed E-state index contributed by atoms with van der Waals surface area (Å²) in [7, 11) is -16.4. The molecule has 63 heavy (non-hydrogen) atoms. The fraction of sp³-hybridized carbons (Fsp3) is 0.771. The maximum atomic E-state index is 12.7. The van der Waals surface area contributed by atoms with E-state index in [0.717, 1.165) is 54.2 Å². The molecule has 2 amide bonds. The molecule has 8 unspecified atom stereocenters. The van der Waals surface area contributed by atoms with Crippen molar-refractivity contribution in [3.05, 3.63) is 12.7 Å². The number of amides is 2. The zero-order valence-electron chi connectivity index (χ0n) is 35.7. The van der Waals surface area contributed by atoms with Gasteiger partial charge in [-0.1, -0.05) is 90.8 Å². The fourth-order valence-electron chi connectivity index (χ4n) is 6.37. The molecule has 0 aromatic carbocycles. The lowest BCUT2D eigenvalue weighted by molar-refractivity contribution is -0.137. The molecule has 2 aromatic heterocycles. The summed E-state index contributed by atoms with van der Waals surface area (Å²) in [5, 5.41) is 26.6. The van der Waals surface area contributed by atoms with E-state index in [1.807, 2.05) is 0 Å². The van der Waals surface area contributed by atoms with Crippen LogP contribution in [0.3, 0.4) is 0 Å². The minimum absolute atomic E-state index is 0.0332. The average Bonchev–Trinajstić information content (AvgIpc) is 3.76. The molecule has 0 saturated carbocycles. The number of aliphatic hydroxyl groups is 2.